The molecule has 2 aromatic rings. The highest BCUT2D eigenvalue weighted by molar-refractivity contribution is 14.1. The Balaban J connectivity index is 2.60. The van der Waals surface area contributed by atoms with Crippen LogP contribution in [0.2, 0.25) is 10.2 Å². The maximum atomic E-state index is 6.22. The Kier molecular flexibility index (Phi) is 4.38. The van der Waals surface area contributed by atoms with Crippen molar-refractivity contribution in [2.45, 2.75) is 26.2 Å². The molecular formula is C14H13Cl2IN2. The number of benzene rings is 1. The zero-order valence-corrected chi connectivity index (χ0v) is 14.5. The molecule has 0 atom stereocenters. The minimum Gasteiger partial charge on any atom is -0.231 e. The van der Waals surface area contributed by atoms with E-state index in [2.05, 4.69) is 53.3 Å². The van der Waals surface area contributed by atoms with Crippen molar-refractivity contribution in [3.63, 3.8) is 0 Å². The maximum absolute atomic E-state index is 6.22. The molecule has 0 radical (unpaired) electrons. The van der Waals surface area contributed by atoms with Crippen LogP contribution < -0.4 is 0 Å². The van der Waals surface area contributed by atoms with E-state index in [4.69, 9.17) is 23.2 Å². The molecule has 0 aliphatic carbocycles. The van der Waals surface area contributed by atoms with Crippen molar-refractivity contribution in [2.24, 2.45) is 0 Å². The molecule has 5 heteroatoms. The van der Waals surface area contributed by atoms with Crippen LogP contribution in [-0.4, -0.2) is 9.97 Å². The molecule has 2 rings (SSSR count). The minimum atomic E-state index is -0.0791. The van der Waals surface area contributed by atoms with Crippen molar-refractivity contribution < 1.29 is 0 Å². The Morgan fingerprint density at radius 1 is 1.00 bits per heavy atom. The molecule has 0 amide bonds. The van der Waals surface area contributed by atoms with Gasteiger partial charge in [-0.25, -0.2) is 9.97 Å². The fourth-order valence-electron chi connectivity index (χ4n) is 1.64. The maximum Gasteiger partial charge on any atom is 0.161 e. The molecule has 0 unspecified atom stereocenters. The first-order chi connectivity index (χ1) is 8.79. The van der Waals surface area contributed by atoms with Crippen molar-refractivity contribution in [3.8, 4) is 11.4 Å². The topological polar surface area (TPSA) is 25.8 Å². The molecule has 0 aliphatic rings. The third-order valence-electron chi connectivity index (χ3n) is 2.62. The van der Waals surface area contributed by atoms with Gasteiger partial charge in [0, 0.05) is 16.0 Å². The number of rotatable bonds is 1. The zero-order valence-electron chi connectivity index (χ0n) is 10.8. The summed E-state index contributed by atoms with van der Waals surface area (Å²) in [6, 6.07) is 7.44. The molecule has 1 heterocycles. The van der Waals surface area contributed by atoms with E-state index in [0.717, 1.165) is 14.8 Å². The Labute approximate surface area is 136 Å². The summed E-state index contributed by atoms with van der Waals surface area (Å²) < 4.78 is 0.907. The summed E-state index contributed by atoms with van der Waals surface area (Å²) in [5, 5.41) is 1.18. The normalized spacial score (nSPS) is 11.7. The van der Waals surface area contributed by atoms with E-state index in [1.807, 2.05) is 24.3 Å². The van der Waals surface area contributed by atoms with Crippen LogP contribution in [-0.2, 0) is 5.41 Å². The number of aromatic nitrogens is 2. The van der Waals surface area contributed by atoms with E-state index < -0.39 is 0 Å². The van der Waals surface area contributed by atoms with Crippen molar-refractivity contribution in [1.29, 1.82) is 0 Å². The first-order valence-corrected chi connectivity index (χ1v) is 7.62. The van der Waals surface area contributed by atoms with Crippen LogP contribution in [0.15, 0.2) is 24.3 Å². The third-order valence-corrected chi connectivity index (χ3v) is 4.49. The fraction of sp³-hybridized carbons (Fsp3) is 0.286. The van der Waals surface area contributed by atoms with Crippen LogP contribution in [0, 0.1) is 3.57 Å². The molecule has 1 aromatic carbocycles. The molecular weight excluding hydrogens is 394 g/mol. The monoisotopic (exact) mass is 406 g/mol. The largest absolute Gasteiger partial charge is 0.231 e. The highest BCUT2D eigenvalue weighted by atomic mass is 127. The van der Waals surface area contributed by atoms with Crippen LogP contribution in [0.5, 0.6) is 0 Å². The molecule has 100 valence electrons. The van der Waals surface area contributed by atoms with E-state index in [-0.39, 0.29) is 5.41 Å². The first-order valence-electron chi connectivity index (χ1n) is 5.78. The lowest BCUT2D eigenvalue weighted by Gasteiger charge is -2.20. The van der Waals surface area contributed by atoms with Gasteiger partial charge < -0.3 is 0 Å². The highest BCUT2D eigenvalue weighted by Crippen LogP contribution is 2.31. The lowest BCUT2D eigenvalue weighted by atomic mass is 9.92. The predicted molar refractivity (Wildman–Crippen MR) is 88.9 cm³/mol. The summed E-state index contributed by atoms with van der Waals surface area (Å²) in [7, 11) is 0. The van der Waals surface area contributed by atoms with Gasteiger partial charge in [0.1, 0.15) is 5.15 Å². The lowest BCUT2D eigenvalue weighted by molar-refractivity contribution is 0.563. The van der Waals surface area contributed by atoms with E-state index in [1.54, 1.807) is 0 Å². The Hall–Kier alpha value is -0.390. The van der Waals surface area contributed by atoms with Crippen molar-refractivity contribution >= 4 is 45.8 Å². The smallest absolute Gasteiger partial charge is 0.161 e. The summed E-state index contributed by atoms with van der Waals surface area (Å²) >= 11 is 14.3. The second-order valence-corrected chi connectivity index (χ2v) is 7.13. The summed E-state index contributed by atoms with van der Waals surface area (Å²) in [6.45, 7) is 6.33. The second-order valence-electron chi connectivity index (χ2n) is 5.26. The molecule has 0 aliphatic heterocycles. The molecule has 0 saturated heterocycles. The molecule has 19 heavy (non-hydrogen) atoms. The Morgan fingerprint density at radius 3 is 2.11 bits per heavy atom. The summed E-state index contributed by atoms with van der Waals surface area (Å²) in [6.07, 6.45) is 0. The van der Waals surface area contributed by atoms with Gasteiger partial charge in [-0.2, -0.15) is 0 Å². The fourth-order valence-corrected chi connectivity index (χ4v) is 2.99. The molecule has 0 fully saturated rings. The molecule has 0 saturated carbocycles. The summed E-state index contributed by atoms with van der Waals surface area (Å²) in [5.74, 6) is 0.631. The lowest BCUT2D eigenvalue weighted by Crippen LogP contribution is -2.17. The van der Waals surface area contributed by atoms with Gasteiger partial charge in [0.2, 0.25) is 0 Å². The van der Waals surface area contributed by atoms with Crippen molar-refractivity contribution in [1.82, 2.24) is 9.97 Å². The van der Waals surface area contributed by atoms with Crippen molar-refractivity contribution in [2.75, 3.05) is 0 Å². The standard InChI is InChI=1S/C14H13Cl2IN2/c1-14(2,3)11-10(17)12(16)19-13(18-11)8-4-6-9(15)7-5-8/h4-7H,1-3H3. The molecule has 0 bridgehead atoms. The van der Waals surface area contributed by atoms with Gasteiger partial charge in [-0.05, 0) is 46.9 Å². The number of halogens is 3. The SMILES string of the molecule is CC(C)(C)c1nc(-c2ccc(Cl)cc2)nc(Cl)c1I. The number of hydrogen-bond acceptors (Lipinski definition) is 2. The van der Waals surface area contributed by atoms with Crippen LogP contribution in [0.4, 0.5) is 0 Å². The average molecular weight is 407 g/mol. The van der Waals surface area contributed by atoms with Crippen molar-refractivity contribution in [3.05, 3.63) is 43.7 Å². The van der Waals surface area contributed by atoms with Gasteiger partial charge in [0.05, 0.1) is 9.26 Å². The van der Waals surface area contributed by atoms with E-state index in [1.165, 1.54) is 0 Å². The van der Waals surface area contributed by atoms with Crippen LogP contribution in [0.25, 0.3) is 11.4 Å². The van der Waals surface area contributed by atoms with Gasteiger partial charge in [-0.15, -0.1) is 0 Å². The molecule has 0 spiro atoms. The second kappa shape index (κ2) is 5.54. The Bertz CT molecular complexity index is 604. The van der Waals surface area contributed by atoms with Gasteiger partial charge in [0.25, 0.3) is 0 Å². The van der Waals surface area contributed by atoms with Gasteiger partial charge >= 0.3 is 0 Å². The van der Waals surface area contributed by atoms with Gasteiger partial charge in [-0.3, -0.25) is 0 Å². The molecule has 2 nitrogen and oxygen atoms in total. The van der Waals surface area contributed by atoms with E-state index >= 15 is 0 Å². The number of hydrogen-bond donors (Lipinski definition) is 0. The van der Waals surface area contributed by atoms with E-state index in [0.29, 0.717) is 16.0 Å². The summed E-state index contributed by atoms with van der Waals surface area (Å²) in [5.41, 5.74) is 1.79. The quantitative estimate of drug-likeness (QED) is 0.471. The zero-order chi connectivity index (χ0) is 14.2. The predicted octanol–water partition coefficient (Wildman–Crippen LogP) is 5.35. The Morgan fingerprint density at radius 2 is 1.58 bits per heavy atom. The van der Waals surface area contributed by atoms with Crippen LogP contribution >= 0.6 is 45.8 Å². The number of nitrogens with zero attached hydrogens (tertiary/aromatic N) is 2. The molecule has 1 aromatic heterocycles. The first kappa shape index (κ1) is 15.0. The van der Waals surface area contributed by atoms with E-state index in [9.17, 15) is 0 Å². The third kappa shape index (κ3) is 3.38. The molecule has 0 N–H and O–H groups in total. The minimum absolute atomic E-state index is 0.0791. The average Bonchev–Trinajstić information content (AvgIpc) is 2.32. The van der Waals surface area contributed by atoms with Crippen LogP contribution in [0.3, 0.4) is 0 Å². The van der Waals surface area contributed by atoms with Crippen LogP contribution in [0.1, 0.15) is 26.5 Å². The van der Waals surface area contributed by atoms with Gasteiger partial charge in [-0.1, -0.05) is 44.0 Å². The van der Waals surface area contributed by atoms with Gasteiger partial charge in [0.15, 0.2) is 5.82 Å². The summed E-state index contributed by atoms with van der Waals surface area (Å²) in [4.78, 5) is 9.01. The highest BCUT2D eigenvalue weighted by Gasteiger charge is 2.22.